The van der Waals surface area contributed by atoms with Gasteiger partial charge in [-0.05, 0) is 224 Å². The quantitative estimate of drug-likeness (QED) is 0.0104. The third kappa shape index (κ3) is 27.8. The van der Waals surface area contributed by atoms with E-state index in [-0.39, 0.29) is 72.0 Å². The molecule has 3 heterocycles. The van der Waals surface area contributed by atoms with Crippen LogP contribution in [0.2, 0.25) is 5.28 Å². The minimum Gasteiger partial charge on any atom is -0.423 e. The second-order valence-electron chi connectivity index (χ2n) is 26.6. The largest absolute Gasteiger partial charge is 0.488 e. The van der Waals surface area contributed by atoms with Gasteiger partial charge in [0.25, 0.3) is 0 Å². The van der Waals surface area contributed by atoms with Gasteiger partial charge in [-0.15, -0.1) is 12.4 Å². The molecule has 16 N–H and O–H groups in total. The maximum absolute atomic E-state index is 11.5. The predicted octanol–water partition coefficient (Wildman–Crippen LogP) is 12.6. The Kier molecular flexibility index (Phi) is 37.4. The first kappa shape index (κ1) is 87.7. The summed E-state index contributed by atoms with van der Waals surface area (Å²) in [7, 11) is -1.40. The van der Waals surface area contributed by atoms with Gasteiger partial charge in [0.05, 0.1) is 14.8 Å². The number of aromatic nitrogens is 6. The number of benzene rings is 5. The van der Waals surface area contributed by atoms with Crippen LogP contribution in [0.3, 0.4) is 0 Å². The van der Waals surface area contributed by atoms with E-state index in [0.717, 1.165) is 137 Å². The highest BCUT2D eigenvalue weighted by molar-refractivity contribution is 9.10. The highest BCUT2D eigenvalue weighted by Gasteiger charge is 2.27. The van der Waals surface area contributed by atoms with E-state index in [4.69, 9.17) is 44.0 Å². The lowest BCUT2D eigenvalue weighted by atomic mass is 9.80. The Balaban J connectivity index is 0.000000225. The van der Waals surface area contributed by atoms with Crippen LogP contribution in [0.15, 0.2) is 131 Å². The number of aliphatic hydroxyl groups excluding tert-OH is 3. The molecular formula is C74H98BBr2Cl2N17O11. The van der Waals surface area contributed by atoms with E-state index in [0.29, 0.717) is 105 Å². The summed E-state index contributed by atoms with van der Waals surface area (Å²) in [6.07, 6.45) is 15.6. The summed E-state index contributed by atoms with van der Waals surface area (Å²) >= 11 is 12.6. The second-order valence-corrected chi connectivity index (χ2v) is 28.7. The fourth-order valence-corrected chi connectivity index (χ4v) is 13.6. The van der Waals surface area contributed by atoms with Gasteiger partial charge in [-0.2, -0.15) is 15.0 Å². The number of nitrogens with zero attached hydrogens (tertiary/aromatic N) is 9. The summed E-state index contributed by atoms with van der Waals surface area (Å²) in [6.45, 7) is 11.3. The normalized spacial score (nSPS) is 17.2. The molecule has 0 unspecified atom stereocenters. The molecule has 0 amide bonds. The summed E-state index contributed by atoms with van der Waals surface area (Å²) in [4.78, 5) is 56.9. The topological polar surface area (TPSA) is 446 Å². The molecule has 576 valence electrons. The first-order valence-corrected chi connectivity index (χ1v) is 37.4. The first-order chi connectivity index (χ1) is 51.0. The average molecular weight is 1640 g/mol. The van der Waals surface area contributed by atoms with Crippen LogP contribution in [0.4, 0.5) is 46.4 Å². The minimum absolute atomic E-state index is 0. The molecule has 3 saturated carbocycles. The lowest BCUT2D eigenvalue weighted by Crippen LogP contribution is -2.30. The summed E-state index contributed by atoms with van der Waals surface area (Å²) in [6, 6.07) is 33.3. The van der Waals surface area contributed by atoms with Crippen LogP contribution in [-0.2, 0) is 32.7 Å². The second kappa shape index (κ2) is 45.6. The van der Waals surface area contributed by atoms with Crippen LogP contribution in [-0.4, -0.2) is 117 Å². The molecule has 0 radical (unpaired) electrons. The number of nitrogens with one attached hydrogen (secondary N) is 5. The Morgan fingerprint density at radius 3 is 1.24 bits per heavy atom. The van der Waals surface area contributed by atoms with E-state index in [1.807, 2.05) is 73.7 Å². The molecule has 0 spiro atoms. The van der Waals surface area contributed by atoms with E-state index in [1.165, 1.54) is 23.5 Å². The minimum atomic E-state index is -1.40. The molecule has 0 bridgehead atoms. The van der Waals surface area contributed by atoms with Crippen LogP contribution in [0.25, 0.3) is 11.1 Å². The van der Waals surface area contributed by atoms with Crippen molar-refractivity contribution in [2.24, 2.45) is 52.7 Å². The van der Waals surface area contributed by atoms with Crippen molar-refractivity contribution >= 4 is 115 Å². The van der Waals surface area contributed by atoms with Gasteiger partial charge in [-0.1, -0.05) is 117 Å². The Labute approximate surface area is 652 Å². The zero-order chi connectivity index (χ0) is 76.7. The van der Waals surface area contributed by atoms with Gasteiger partial charge in [0, 0.05) is 81.1 Å². The number of nitro groups is 3. The van der Waals surface area contributed by atoms with Crippen molar-refractivity contribution < 1.29 is 40.1 Å². The van der Waals surface area contributed by atoms with E-state index in [9.17, 15) is 40.6 Å². The highest BCUT2D eigenvalue weighted by atomic mass is 79.9. The third-order valence-electron chi connectivity index (χ3n) is 19.5. The molecule has 0 atom stereocenters. The van der Waals surface area contributed by atoms with Gasteiger partial charge >= 0.3 is 24.2 Å². The number of aliphatic hydroxyl groups is 3. The Bertz CT molecular complexity index is 4130. The summed E-state index contributed by atoms with van der Waals surface area (Å²) < 4.78 is 2.16. The molecule has 11 rings (SSSR count). The molecule has 0 saturated heterocycles. The lowest BCUT2D eigenvalue weighted by molar-refractivity contribution is -0.384. The predicted molar refractivity (Wildman–Crippen MR) is 430 cm³/mol. The van der Waals surface area contributed by atoms with Crippen LogP contribution in [0.1, 0.15) is 122 Å². The number of hydrogen-bond donors (Lipinski definition) is 13. The van der Waals surface area contributed by atoms with Crippen LogP contribution in [0.5, 0.6) is 0 Å². The standard InChI is InChI=1S/C27H34N6O3.C20H26BrN5O3.C12H17ClN4O3.C8H10BrN.C7H10BNO2.ClH/c1-18-23(6-3-7-24(18)22-5-2-4-21(12-22)13-28)15-30-27-31-16-25(33(35)36)26(32-27)29-14-19-8-10-20(17-34)11-9-19;1-13-16(3-2-4-17(13)21)10-23-20-24-11-18(26(28)29)19(25-20)22-9-14-5-7-15(12-27)8-6-14;13-12-15-6-10(17(19)20)11(16-12)14-5-8-1-3-9(7-18)4-2-8;1-6-7(5-10)3-2-4-8(6)9;9-5-6-2-1-3-7(4-6)8(10)11;/h2-7,12,16,19-20,34H,8-11,13-15,17,28H2,1H3,(H2,29,30,31,32);2-4,11,14-15,27H,5-10,12H2,1H3,(H2,22,23,24,25);6,8-9,18H,1-5,7H2,(H,14,15,16);2-4H,5,10H2,1H3;1-4,10-11H,5,9H2;1H. The maximum Gasteiger partial charge on any atom is 0.488 e. The van der Waals surface area contributed by atoms with E-state index >= 15 is 0 Å². The third-order valence-corrected chi connectivity index (χ3v) is 21.4. The zero-order valence-corrected chi connectivity index (χ0v) is 65.1. The van der Waals surface area contributed by atoms with Crippen molar-refractivity contribution in [3.05, 3.63) is 211 Å². The van der Waals surface area contributed by atoms with Crippen LogP contribution < -0.4 is 49.2 Å². The summed E-state index contributed by atoms with van der Waals surface area (Å²) in [5.41, 5.74) is 27.8. The van der Waals surface area contributed by atoms with Gasteiger partial charge < -0.3 is 69.2 Å². The molecule has 3 aliphatic carbocycles. The highest BCUT2D eigenvalue weighted by Crippen LogP contribution is 2.35. The summed E-state index contributed by atoms with van der Waals surface area (Å²) in [5.74, 6) is 3.74. The smallest absolute Gasteiger partial charge is 0.423 e. The van der Waals surface area contributed by atoms with Crippen molar-refractivity contribution in [3.8, 4) is 11.1 Å². The SMILES string of the molecule is Cc1c(Br)cccc1CN.Cc1c(Br)cccc1CNc1ncc([N+](=O)[O-])c(NCC2CCC(CO)CC2)n1.Cc1c(CNc2ncc([N+](=O)[O-])c(NCC3CCC(CO)CC3)n2)cccc1-c1cccc(CN)c1.Cl.NCc1cccc(B(O)O)c1.O=[N+]([O-])c1cnc(Cl)nc1NCC1CCC(CO)CC1. The average Bonchev–Trinajstić information content (AvgIpc) is 0.829. The van der Waals surface area contributed by atoms with Gasteiger partial charge in [0.15, 0.2) is 0 Å². The molecular weight excluding hydrogens is 1540 g/mol. The Morgan fingerprint density at radius 2 is 0.841 bits per heavy atom. The Hall–Kier alpha value is -8.18. The Morgan fingerprint density at radius 1 is 0.477 bits per heavy atom. The number of rotatable bonds is 26. The fraction of sp³-hybridized carbons (Fsp3) is 0.432. The monoisotopic (exact) mass is 1640 g/mol. The van der Waals surface area contributed by atoms with Crippen molar-refractivity contribution in [2.75, 3.05) is 66.0 Å². The molecule has 3 aliphatic rings. The van der Waals surface area contributed by atoms with Crippen LogP contribution >= 0.6 is 55.9 Å². The molecule has 8 aromatic rings. The zero-order valence-electron chi connectivity index (χ0n) is 60.3. The first-order valence-electron chi connectivity index (χ1n) is 35.5. The van der Waals surface area contributed by atoms with E-state index < -0.39 is 21.9 Å². The maximum atomic E-state index is 11.5. The lowest BCUT2D eigenvalue weighted by Gasteiger charge is -2.27. The van der Waals surface area contributed by atoms with Crippen molar-refractivity contribution in [1.29, 1.82) is 0 Å². The molecule has 33 heteroatoms. The summed E-state index contributed by atoms with van der Waals surface area (Å²) in [5, 5.41) is 94.7. The number of halogens is 4. The molecule has 5 aromatic carbocycles. The van der Waals surface area contributed by atoms with Gasteiger partial charge in [0.2, 0.25) is 34.6 Å². The van der Waals surface area contributed by atoms with E-state index in [2.05, 4.69) is 120 Å². The number of hydrogen-bond acceptors (Lipinski definition) is 25. The van der Waals surface area contributed by atoms with Crippen molar-refractivity contribution in [2.45, 2.75) is 131 Å². The van der Waals surface area contributed by atoms with Gasteiger partial charge in [-0.3, -0.25) is 30.3 Å². The molecule has 3 aromatic heterocycles. The van der Waals surface area contributed by atoms with Crippen LogP contribution in [0, 0.1) is 86.6 Å². The van der Waals surface area contributed by atoms with Gasteiger partial charge in [-0.25, -0.2) is 15.0 Å². The van der Waals surface area contributed by atoms with Crippen molar-refractivity contribution in [1.82, 2.24) is 29.9 Å². The number of anilines is 5. The van der Waals surface area contributed by atoms with E-state index in [1.54, 1.807) is 18.2 Å². The van der Waals surface area contributed by atoms with Gasteiger partial charge in [0.1, 0.15) is 18.6 Å². The molecule has 3 fully saturated rings. The van der Waals surface area contributed by atoms with Crippen molar-refractivity contribution in [3.63, 3.8) is 0 Å². The molecule has 28 nitrogen and oxygen atoms in total. The molecule has 0 aliphatic heterocycles. The fourth-order valence-electron chi connectivity index (χ4n) is 12.6. The number of nitrogens with two attached hydrogens (primary N) is 3. The molecule has 107 heavy (non-hydrogen) atoms.